The van der Waals surface area contributed by atoms with Crippen molar-refractivity contribution in [1.29, 1.82) is 0 Å². The third-order valence-electron chi connectivity index (χ3n) is 4.97. The predicted molar refractivity (Wildman–Crippen MR) is 128 cm³/mol. The number of rotatable bonds is 10. The molecule has 0 bridgehead atoms. The van der Waals surface area contributed by atoms with Gasteiger partial charge in [-0.3, -0.25) is 4.79 Å². The summed E-state index contributed by atoms with van der Waals surface area (Å²) in [5.41, 5.74) is 3.23. The molecule has 0 aliphatic heterocycles. The van der Waals surface area contributed by atoms with Crippen molar-refractivity contribution in [2.45, 2.75) is 40.5 Å². The Morgan fingerprint density at radius 2 is 1.91 bits per heavy atom. The number of nitrogens with one attached hydrogen (secondary N) is 2. The minimum atomic E-state index is -0.388. The first-order chi connectivity index (χ1) is 15.2. The summed E-state index contributed by atoms with van der Waals surface area (Å²) in [6.45, 7) is 15.6. The molecule has 32 heavy (non-hydrogen) atoms. The number of nitrogens with zero attached hydrogens (tertiary/aromatic N) is 1. The van der Waals surface area contributed by atoms with Crippen molar-refractivity contribution in [3.8, 4) is 22.8 Å². The summed E-state index contributed by atoms with van der Waals surface area (Å²) in [5, 5.41) is 30.8. The van der Waals surface area contributed by atoms with E-state index in [2.05, 4.69) is 22.4 Å². The fraction of sp³-hybridized carbons (Fsp3) is 0.360. The van der Waals surface area contributed by atoms with Gasteiger partial charge in [0.15, 0.2) is 11.5 Å². The van der Waals surface area contributed by atoms with Gasteiger partial charge >= 0.3 is 0 Å². The van der Waals surface area contributed by atoms with Gasteiger partial charge in [0.2, 0.25) is 0 Å². The minimum Gasteiger partial charge on any atom is -0.508 e. The summed E-state index contributed by atoms with van der Waals surface area (Å²) in [6, 6.07) is 2.94. The molecule has 1 aromatic carbocycles. The molecule has 0 saturated heterocycles. The van der Waals surface area contributed by atoms with E-state index in [-0.39, 0.29) is 34.8 Å². The van der Waals surface area contributed by atoms with Gasteiger partial charge in [-0.15, -0.1) is 0 Å². The molecule has 2 aromatic rings. The van der Waals surface area contributed by atoms with Crippen molar-refractivity contribution in [2.24, 2.45) is 0 Å². The van der Waals surface area contributed by atoms with Crippen LogP contribution >= 0.6 is 0 Å². The molecule has 4 N–H and O–H groups in total. The van der Waals surface area contributed by atoms with E-state index in [1.807, 2.05) is 46.8 Å². The van der Waals surface area contributed by atoms with Gasteiger partial charge in [0.25, 0.3) is 5.91 Å². The largest absolute Gasteiger partial charge is 0.508 e. The molecule has 1 heterocycles. The summed E-state index contributed by atoms with van der Waals surface area (Å²) in [5.74, 6) is -0.327. The van der Waals surface area contributed by atoms with Crippen LogP contribution in [0.3, 0.4) is 0 Å². The lowest BCUT2D eigenvalue weighted by atomic mass is 9.94. The van der Waals surface area contributed by atoms with E-state index < -0.39 is 0 Å². The van der Waals surface area contributed by atoms with Gasteiger partial charge in [-0.1, -0.05) is 56.3 Å². The first-order valence-electron chi connectivity index (χ1n) is 10.8. The molecule has 1 aromatic heterocycles. The average Bonchev–Trinajstić information content (AvgIpc) is 3.17. The van der Waals surface area contributed by atoms with Crippen LogP contribution in [0.4, 0.5) is 0 Å². The molecule has 172 valence electrons. The molecule has 0 saturated carbocycles. The molecule has 0 radical (unpaired) electrons. The van der Waals surface area contributed by atoms with Gasteiger partial charge < -0.3 is 25.4 Å². The lowest BCUT2D eigenvalue weighted by Gasteiger charge is -2.12. The van der Waals surface area contributed by atoms with Crippen LogP contribution in [0.15, 0.2) is 47.0 Å². The van der Waals surface area contributed by atoms with Gasteiger partial charge in [-0.25, -0.2) is 0 Å². The number of likely N-dealkylation sites (N-methyl/N-ethyl adjacent to an activating group) is 1. The summed E-state index contributed by atoms with van der Waals surface area (Å²) >= 11 is 0. The molecule has 7 nitrogen and oxygen atoms in total. The van der Waals surface area contributed by atoms with Crippen LogP contribution in [-0.4, -0.2) is 40.9 Å². The highest BCUT2D eigenvalue weighted by molar-refractivity contribution is 6.01. The average molecular weight is 440 g/mol. The lowest BCUT2D eigenvalue weighted by Crippen LogP contribution is -2.24. The lowest BCUT2D eigenvalue weighted by molar-refractivity contribution is 0.0946. The van der Waals surface area contributed by atoms with E-state index in [9.17, 15) is 15.0 Å². The summed E-state index contributed by atoms with van der Waals surface area (Å²) in [6.07, 6.45) is 5.41. The molecule has 0 unspecified atom stereocenters. The third kappa shape index (κ3) is 5.68. The highest BCUT2D eigenvalue weighted by Gasteiger charge is 2.27. The summed E-state index contributed by atoms with van der Waals surface area (Å²) in [4.78, 5) is 12.7. The number of aromatic nitrogens is 1. The molecule has 0 spiro atoms. The quantitative estimate of drug-likeness (QED) is 0.398. The van der Waals surface area contributed by atoms with Crippen molar-refractivity contribution < 1.29 is 19.5 Å². The maximum atomic E-state index is 12.7. The fourth-order valence-electron chi connectivity index (χ4n) is 3.25. The smallest absolute Gasteiger partial charge is 0.274 e. The van der Waals surface area contributed by atoms with Crippen molar-refractivity contribution in [1.82, 2.24) is 15.8 Å². The van der Waals surface area contributed by atoms with Crippen LogP contribution in [0.5, 0.6) is 11.5 Å². The molecular weight excluding hydrogens is 406 g/mol. The Hall–Kier alpha value is -3.32. The van der Waals surface area contributed by atoms with Gasteiger partial charge in [-0.05, 0) is 43.5 Å². The number of amides is 1. The Labute approximate surface area is 189 Å². The first-order valence-corrected chi connectivity index (χ1v) is 10.8. The number of aromatic hydroxyl groups is 2. The Bertz CT molecular complexity index is 1030. The number of allylic oxidation sites excluding steroid dienone is 4. The zero-order valence-corrected chi connectivity index (χ0v) is 19.5. The maximum absolute atomic E-state index is 12.7. The molecule has 0 aliphatic rings. The highest BCUT2D eigenvalue weighted by Crippen LogP contribution is 2.41. The minimum absolute atomic E-state index is 0.00673. The van der Waals surface area contributed by atoms with E-state index in [1.165, 1.54) is 6.07 Å². The highest BCUT2D eigenvalue weighted by atomic mass is 16.5. The third-order valence-corrected chi connectivity index (χ3v) is 4.97. The van der Waals surface area contributed by atoms with Crippen molar-refractivity contribution in [2.75, 3.05) is 19.6 Å². The fourth-order valence-corrected chi connectivity index (χ4v) is 3.25. The normalized spacial score (nSPS) is 12.3. The maximum Gasteiger partial charge on any atom is 0.274 e. The number of phenolic OH excluding ortho intramolecular Hbond substituents is 2. The monoisotopic (exact) mass is 439 g/mol. The number of phenols is 2. The van der Waals surface area contributed by atoms with Crippen molar-refractivity contribution >= 4 is 11.5 Å². The van der Waals surface area contributed by atoms with E-state index in [0.29, 0.717) is 28.8 Å². The SMILES string of the molecule is C=C/C(=C\C=C(/C)CNCC)c1c(C(=O)NCC)noc1-c1cc(C(C)C)c(O)cc1O. The van der Waals surface area contributed by atoms with Gasteiger partial charge in [0.05, 0.1) is 11.1 Å². The van der Waals surface area contributed by atoms with Crippen molar-refractivity contribution in [3.63, 3.8) is 0 Å². The number of benzene rings is 1. The first kappa shape index (κ1) is 24.9. The molecule has 1 amide bonds. The molecule has 2 rings (SSSR count). The Balaban J connectivity index is 2.73. The van der Waals surface area contributed by atoms with Crippen molar-refractivity contribution in [3.05, 3.63) is 59.3 Å². The second-order valence-corrected chi connectivity index (χ2v) is 7.80. The Morgan fingerprint density at radius 1 is 1.19 bits per heavy atom. The van der Waals surface area contributed by atoms with Crippen LogP contribution in [0.2, 0.25) is 0 Å². The van der Waals surface area contributed by atoms with E-state index >= 15 is 0 Å². The Morgan fingerprint density at radius 3 is 2.50 bits per heavy atom. The Kier molecular flexibility index (Phi) is 8.84. The molecular formula is C25H33N3O4. The van der Waals surface area contributed by atoms with Gasteiger partial charge in [-0.2, -0.15) is 0 Å². The molecule has 0 atom stereocenters. The summed E-state index contributed by atoms with van der Waals surface area (Å²) < 4.78 is 5.59. The van der Waals surface area contributed by atoms with Crippen LogP contribution in [0.1, 0.15) is 62.2 Å². The predicted octanol–water partition coefficient (Wildman–Crippen LogP) is 4.75. The van der Waals surface area contributed by atoms with E-state index in [0.717, 1.165) is 18.7 Å². The molecule has 7 heteroatoms. The number of hydrogen-bond donors (Lipinski definition) is 4. The van der Waals surface area contributed by atoms with E-state index in [4.69, 9.17) is 4.52 Å². The van der Waals surface area contributed by atoms with E-state index in [1.54, 1.807) is 12.1 Å². The summed E-state index contributed by atoms with van der Waals surface area (Å²) in [7, 11) is 0. The van der Waals surface area contributed by atoms with Gasteiger partial charge in [0.1, 0.15) is 11.5 Å². The molecule has 0 aliphatic carbocycles. The second kappa shape index (κ2) is 11.3. The molecule has 0 fully saturated rings. The zero-order chi connectivity index (χ0) is 23.8. The second-order valence-electron chi connectivity index (χ2n) is 7.80. The topological polar surface area (TPSA) is 108 Å². The number of hydrogen-bond acceptors (Lipinski definition) is 6. The van der Waals surface area contributed by atoms with Crippen LogP contribution in [-0.2, 0) is 0 Å². The number of carbonyl (C=O) groups excluding carboxylic acids is 1. The standard InChI is InChI=1S/C25H33N3O4/c1-7-17(11-10-16(6)14-26-8-2)22-23(25(31)27-9-3)28-32-24(22)19-12-18(15(4)5)20(29)13-21(19)30/h7,10-13,15,26,29-30H,1,8-9,14H2,2-6H3,(H,27,31)/b16-10+,17-11+. The van der Waals surface area contributed by atoms with Gasteiger partial charge in [0, 0.05) is 19.2 Å². The van der Waals surface area contributed by atoms with Crippen LogP contribution in [0, 0.1) is 0 Å². The van der Waals surface area contributed by atoms with Crippen LogP contribution < -0.4 is 10.6 Å². The zero-order valence-electron chi connectivity index (χ0n) is 19.5. The van der Waals surface area contributed by atoms with Crippen LogP contribution in [0.25, 0.3) is 16.9 Å². The number of carbonyl (C=O) groups is 1.